The van der Waals surface area contributed by atoms with Crippen molar-refractivity contribution in [1.29, 1.82) is 0 Å². The summed E-state index contributed by atoms with van der Waals surface area (Å²) in [4.78, 5) is 24.8. The standard InChI is InChI=1S/C15H21NO4/c1-3-14(18)12-5-7-13(8-6-12)20-11-15(19)16(4-2)9-10-17/h5-8,17H,3-4,9-11H2,1-2H3. The number of rotatable bonds is 8. The summed E-state index contributed by atoms with van der Waals surface area (Å²) in [5.41, 5.74) is 0.640. The quantitative estimate of drug-likeness (QED) is 0.732. The molecular weight excluding hydrogens is 258 g/mol. The molecule has 0 fully saturated rings. The lowest BCUT2D eigenvalue weighted by molar-refractivity contribution is -0.133. The van der Waals surface area contributed by atoms with Gasteiger partial charge in [-0.3, -0.25) is 9.59 Å². The zero-order valence-electron chi connectivity index (χ0n) is 12.0. The van der Waals surface area contributed by atoms with Gasteiger partial charge in [0, 0.05) is 25.1 Å². The molecule has 0 spiro atoms. The van der Waals surface area contributed by atoms with Gasteiger partial charge in [0.2, 0.25) is 0 Å². The molecule has 0 saturated heterocycles. The van der Waals surface area contributed by atoms with Gasteiger partial charge < -0.3 is 14.7 Å². The van der Waals surface area contributed by atoms with E-state index < -0.39 is 0 Å². The van der Waals surface area contributed by atoms with Crippen LogP contribution in [0.5, 0.6) is 5.75 Å². The van der Waals surface area contributed by atoms with Crippen LogP contribution in [0.1, 0.15) is 30.6 Å². The highest BCUT2D eigenvalue weighted by Gasteiger charge is 2.11. The Balaban J connectivity index is 2.53. The van der Waals surface area contributed by atoms with Gasteiger partial charge in [-0.25, -0.2) is 0 Å². The number of aliphatic hydroxyl groups is 1. The Bertz CT molecular complexity index is 442. The Hall–Kier alpha value is -1.88. The second-order valence-corrected chi connectivity index (χ2v) is 4.29. The lowest BCUT2D eigenvalue weighted by atomic mass is 10.1. The zero-order chi connectivity index (χ0) is 15.0. The molecule has 5 heteroatoms. The lowest BCUT2D eigenvalue weighted by Crippen LogP contribution is -2.36. The molecular formula is C15H21NO4. The number of carbonyl (C=O) groups is 2. The Morgan fingerprint density at radius 3 is 2.35 bits per heavy atom. The number of benzene rings is 1. The molecule has 0 aromatic heterocycles. The SMILES string of the molecule is CCC(=O)c1ccc(OCC(=O)N(CC)CCO)cc1. The molecule has 0 aliphatic carbocycles. The van der Waals surface area contributed by atoms with Crippen molar-refractivity contribution < 1.29 is 19.4 Å². The summed E-state index contributed by atoms with van der Waals surface area (Å²) in [5.74, 6) is 0.453. The smallest absolute Gasteiger partial charge is 0.260 e. The average molecular weight is 279 g/mol. The molecule has 20 heavy (non-hydrogen) atoms. The Labute approximate surface area is 119 Å². The van der Waals surface area contributed by atoms with Crippen LogP contribution < -0.4 is 4.74 Å². The van der Waals surface area contributed by atoms with E-state index in [4.69, 9.17) is 9.84 Å². The number of amides is 1. The minimum Gasteiger partial charge on any atom is -0.484 e. The lowest BCUT2D eigenvalue weighted by Gasteiger charge is -2.19. The molecule has 0 saturated carbocycles. The van der Waals surface area contributed by atoms with Gasteiger partial charge in [-0.05, 0) is 31.2 Å². The van der Waals surface area contributed by atoms with E-state index in [0.717, 1.165) is 0 Å². The van der Waals surface area contributed by atoms with E-state index in [0.29, 0.717) is 30.8 Å². The molecule has 0 heterocycles. The first-order chi connectivity index (χ1) is 9.62. The van der Waals surface area contributed by atoms with Crippen molar-refractivity contribution in [1.82, 2.24) is 4.90 Å². The highest BCUT2D eigenvalue weighted by molar-refractivity contribution is 5.95. The monoisotopic (exact) mass is 279 g/mol. The van der Waals surface area contributed by atoms with E-state index in [2.05, 4.69) is 0 Å². The Morgan fingerprint density at radius 1 is 1.20 bits per heavy atom. The third-order valence-electron chi connectivity index (χ3n) is 2.96. The first-order valence-electron chi connectivity index (χ1n) is 6.77. The first kappa shape index (κ1) is 16.2. The number of ether oxygens (including phenoxy) is 1. The largest absolute Gasteiger partial charge is 0.484 e. The van der Waals surface area contributed by atoms with Crippen LogP contribution in [0.15, 0.2) is 24.3 Å². The van der Waals surface area contributed by atoms with E-state index in [9.17, 15) is 9.59 Å². The van der Waals surface area contributed by atoms with Crippen molar-refractivity contribution >= 4 is 11.7 Å². The fourth-order valence-electron chi connectivity index (χ4n) is 1.76. The van der Waals surface area contributed by atoms with Gasteiger partial charge in [-0.2, -0.15) is 0 Å². The summed E-state index contributed by atoms with van der Waals surface area (Å²) in [7, 11) is 0. The minimum atomic E-state index is -0.171. The van der Waals surface area contributed by atoms with Gasteiger partial charge in [-0.15, -0.1) is 0 Å². The van der Waals surface area contributed by atoms with Crippen molar-refractivity contribution in [2.24, 2.45) is 0 Å². The second kappa shape index (κ2) is 8.32. The molecule has 1 aromatic carbocycles. The maximum absolute atomic E-state index is 11.8. The first-order valence-corrected chi connectivity index (χ1v) is 6.77. The van der Waals surface area contributed by atoms with E-state index in [-0.39, 0.29) is 24.9 Å². The zero-order valence-corrected chi connectivity index (χ0v) is 12.0. The molecule has 1 rings (SSSR count). The molecule has 0 bridgehead atoms. The van der Waals surface area contributed by atoms with Crippen LogP contribution in [-0.4, -0.2) is 48.0 Å². The molecule has 1 aromatic rings. The van der Waals surface area contributed by atoms with E-state index >= 15 is 0 Å². The molecule has 0 aliphatic heterocycles. The fourth-order valence-corrected chi connectivity index (χ4v) is 1.76. The van der Waals surface area contributed by atoms with E-state index in [1.54, 1.807) is 24.3 Å². The van der Waals surface area contributed by atoms with E-state index in [1.165, 1.54) is 4.90 Å². The van der Waals surface area contributed by atoms with Crippen LogP contribution in [0.4, 0.5) is 0 Å². The number of Topliss-reactive ketones (excluding diaryl/α,β-unsaturated/α-hetero) is 1. The minimum absolute atomic E-state index is 0.0621. The fraction of sp³-hybridized carbons (Fsp3) is 0.467. The highest BCUT2D eigenvalue weighted by Crippen LogP contribution is 2.13. The number of hydrogen-bond acceptors (Lipinski definition) is 4. The molecule has 110 valence electrons. The third-order valence-corrected chi connectivity index (χ3v) is 2.96. The number of carbonyl (C=O) groups excluding carboxylic acids is 2. The van der Waals surface area contributed by atoms with Crippen molar-refractivity contribution in [2.75, 3.05) is 26.3 Å². The number of nitrogens with zero attached hydrogens (tertiary/aromatic N) is 1. The molecule has 0 unspecified atom stereocenters. The van der Waals surface area contributed by atoms with Crippen molar-refractivity contribution in [3.63, 3.8) is 0 Å². The average Bonchev–Trinajstić information content (AvgIpc) is 2.49. The van der Waals surface area contributed by atoms with Crippen molar-refractivity contribution in [3.05, 3.63) is 29.8 Å². The molecule has 5 nitrogen and oxygen atoms in total. The molecule has 1 amide bonds. The van der Waals surface area contributed by atoms with Crippen LogP contribution in [0.2, 0.25) is 0 Å². The van der Waals surface area contributed by atoms with E-state index in [1.807, 2.05) is 13.8 Å². The van der Waals surface area contributed by atoms with Crippen molar-refractivity contribution in [3.8, 4) is 5.75 Å². The summed E-state index contributed by atoms with van der Waals surface area (Å²) in [6.45, 7) is 4.36. The van der Waals surface area contributed by atoms with Crippen LogP contribution in [0, 0.1) is 0 Å². The maximum atomic E-state index is 11.8. The molecule has 0 radical (unpaired) electrons. The van der Waals surface area contributed by atoms with Gasteiger partial charge in [0.05, 0.1) is 6.61 Å². The summed E-state index contributed by atoms with van der Waals surface area (Å²) in [5, 5.41) is 8.84. The van der Waals surface area contributed by atoms with Crippen LogP contribution in [0.3, 0.4) is 0 Å². The van der Waals surface area contributed by atoms with Gasteiger partial charge in [0.25, 0.3) is 5.91 Å². The highest BCUT2D eigenvalue weighted by atomic mass is 16.5. The van der Waals surface area contributed by atoms with Crippen LogP contribution in [-0.2, 0) is 4.79 Å². The Kier molecular flexibility index (Phi) is 6.73. The van der Waals surface area contributed by atoms with Gasteiger partial charge in [0.15, 0.2) is 12.4 Å². The van der Waals surface area contributed by atoms with Crippen LogP contribution >= 0.6 is 0 Å². The number of aliphatic hydroxyl groups excluding tert-OH is 1. The normalized spacial score (nSPS) is 10.2. The summed E-state index contributed by atoms with van der Waals surface area (Å²) in [6.07, 6.45) is 0.464. The predicted molar refractivity (Wildman–Crippen MR) is 75.9 cm³/mol. The number of hydrogen-bond donors (Lipinski definition) is 1. The summed E-state index contributed by atoms with van der Waals surface area (Å²) in [6, 6.07) is 6.74. The second-order valence-electron chi connectivity index (χ2n) is 4.29. The Morgan fingerprint density at radius 2 is 1.85 bits per heavy atom. The van der Waals surface area contributed by atoms with Crippen LogP contribution in [0.25, 0.3) is 0 Å². The number of likely N-dealkylation sites (N-methyl/N-ethyl adjacent to an activating group) is 1. The third kappa shape index (κ3) is 4.66. The molecule has 1 N–H and O–H groups in total. The predicted octanol–water partition coefficient (Wildman–Crippen LogP) is 1.50. The maximum Gasteiger partial charge on any atom is 0.260 e. The van der Waals surface area contributed by atoms with Gasteiger partial charge >= 0.3 is 0 Å². The molecule has 0 atom stereocenters. The van der Waals surface area contributed by atoms with Gasteiger partial charge in [0.1, 0.15) is 5.75 Å². The number of ketones is 1. The summed E-state index contributed by atoms with van der Waals surface area (Å²) >= 11 is 0. The topological polar surface area (TPSA) is 66.8 Å². The van der Waals surface area contributed by atoms with Gasteiger partial charge in [-0.1, -0.05) is 6.92 Å². The molecule has 0 aliphatic rings. The van der Waals surface area contributed by atoms with Crippen molar-refractivity contribution in [2.45, 2.75) is 20.3 Å². The summed E-state index contributed by atoms with van der Waals surface area (Å²) < 4.78 is 5.38.